The lowest BCUT2D eigenvalue weighted by Gasteiger charge is -2.13. The molecular weight excluding hydrogens is 270 g/mol. The SMILES string of the molecule is COc1ccccc1-c1ccc(Cl)c(CNC(C)C)c1. The molecule has 1 N–H and O–H groups in total. The molecule has 0 heterocycles. The molecule has 2 aromatic rings. The van der Waals surface area contributed by atoms with Crippen LogP contribution in [0.25, 0.3) is 11.1 Å². The van der Waals surface area contributed by atoms with Crippen molar-refractivity contribution in [2.75, 3.05) is 7.11 Å². The predicted octanol–water partition coefficient (Wildman–Crippen LogP) is 4.51. The van der Waals surface area contributed by atoms with Crippen molar-refractivity contribution in [3.63, 3.8) is 0 Å². The van der Waals surface area contributed by atoms with Gasteiger partial charge in [-0.15, -0.1) is 0 Å². The highest BCUT2D eigenvalue weighted by molar-refractivity contribution is 6.31. The second kappa shape index (κ2) is 6.78. The van der Waals surface area contributed by atoms with Crippen molar-refractivity contribution >= 4 is 11.6 Å². The second-order valence-electron chi connectivity index (χ2n) is 5.04. The molecule has 0 aliphatic rings. The fourth-order valence-corrected chi connectivity index (χ4v) is 2.26. The van der Waals surface area contributed by atoms with Gasteiger partial charge >= 0.3 is 0 Å². The Kier molecular flexibility index (Phi) is 5.05. The van der Waals surface area contributed by atoms with Gasteiger partial charge in [-0.3, -0.25) is 0 Å². The van der Waals surface area contributed by atoms with Gasteiger partial charge in [0.2, 0.25) is 0 Å². The highest BCUT2D eigenvalue weighted by Gasteiger charge is 2.08. The fraction of sp³-hybridized carbons (Fsp3) is 0.294. The molecule has 0 saturated heterocycles. The Morgan fingerprint density at radius 1 is 1.15 bits per heavy atom. The summed E-state index contributed by atoms with van der Waals surface area (Å²) in [6.07, 6.45) is 0. The Balaban J connectivity index is 2.35. The van der Waals surface area contributed by atoms with Gasteiger partial charge in [0.25, 0.3) is 0 Å². The summed E-state index contributed by atoms with van der Waals surface area (Å²) in [6, 6.07) is 14.5. The van der Waals surface area contributed by atoms with E-state index in [4.69, 9.17) is 16.3 Å². The quantitative estimate of drug-likeness (QED) is 0.874. The van der Waals surface area contributed by atoms with Gasteiger partial charge in [-0.1, -0.05) is 49.7 Å². The van der Waals surface area contributed by atoms with Crippen LogP contribution in [0.15, 0.2) is 42.5 Å². The largest absolute Gasteiger partial charge is 0.496 e. The van der Waals surface area contributed by atoms with Crippen molar-refractivity contribution in [2.45, 2.75) is 26.4 Å². The summed E-state index contributed by atoms with van der Waals surface area (Å²) in [6.45, 7) is 5.01. The Labute approximate surface area is 125 Å². The van der Waals surface area contributed by atoms with Crippen LogP contribution in [0.3, 0.4) is 0 Å². The van der Waals surface area contributed by atoms with Crippen LogP contribution in [0.5, 0.6) is 5.75 Å². The van der Waals surface area contributed by atoms with Crippen LogP contribution in [0.1, 0.15) is 19.4 Å². The number of nitrogens with one attached hydrogen (secondary N) is 1. The summed E-state index contributed by atoms with van der Waals surface area (Å²) < 4.78 is 5.42. The molecule has 0 bridgehead atoms. The van der Waals surface area contributed by atoms with Gasteiger partial charge in [-0.2, -0.15) is 0 Å². The van der Waals surface area contributed by atoms with Gasteiger partial charge in [0.1, 0.15) is 5.75 Å². The van der Waals surface area contributed by atoms with Crippen LogP contribution in [-0.2, 0) is 6.54 Å². The van der Waals surface area contributed by atoms with Gasteiger partial charge in [0.05, 0.1) is 7.11 Å². The van der Waals surface area contributed by atoms with Crippen molar-refractivity contribution in [3.05, 3.63) is 53.1 Å². The zero-order valence-corrected chi connectivity index (χ0v) is 12.9. The van der Waals surface area contributed by atoms with Crippen LogP contribution in [0.4, 0.5) is 0 Å². The minimum atomic E-state index is 0.431. The molecule has 2 rings (SSSR count). The minimum absolute atomic E-state index is 0.431. The summed E-state index contributed by atoms with van der Waals surface area (Å²) in [7, 11) is 1.69. The minimum Gasteiger partial charge on any atom is -0.496 e. The maximum absolute atomic E-state index is 6.27. The summed E-state index contributed by atoms with van der Waals surface area (Å²) in [4.78, 5) is 0. The first-order valence-electron chi connectivity index (χ1n) is 6.77. The van der Waals surface area contributed by atoms with Crippen molar-refractivity contribution < 1.29 is 4.74 Å². The monoisotopic (exact) mass is 289 g/mol. The Morgan fingerprint density at radius 2 is 1.90 bits per heavy atom. The van der Waals surface area contributed by atoms with E-state index in [2.05, 4.69) is 31.3 Å². The highest BCUT2D eigenvalue weighted by atomic mass is 35.5. The molecule has 0 unspecified atom stereocenters. The third-order valence-corrected chi connectivity index (χ3v) is 3.53. The molecule has 0 fully saturated rings. The zero-order valence-electron chi connectivity index (χ0n) is 12.1. The summed E-state index contributed by atoms with van der Waals surface area (Å²) in [5.74, 6) is 0.873. The highest BCUT2D eigenvalue weighted by Crippen LogP contribution is 2.31. The van der Waals surface area contributed by atoms with Crippen molar-refractivity contribution in [3.8, 4) is 16.9 Å². The predicted molar refractivity (Wildman–Crippen MR) is 85.4 cm³/mol. The molecule has 0 atom stereocenters. The number of hydrogen-bond acceptors (Lipinski definition) is 2. The lowest BCUT2D eigenvalue weighted by atomic mass is 10.0. The molecule has 106 valence electrons. The summed E-state index contributed by atoms with van der Waals surface area (Å²) in [5.41, 5.74) is 3.30. The third kappa shape index (κ3) is 3.53. The molecule has 3 heteroatoms. The van der Waals surface area contributed by atoms with Gasteiger partial charge < -0.3 is 10.1 Å². The van der Waals surface area contributed by atoms with Crippen LogP contribution >= 0.6 is 11.6 Å². The van der Waals surface area contributed by atoms with Crippen LogP contribution in [0.2, 0.25) is 5.02 Å². The van der Waals surface area contributed by atoms with E-state index in [1.807, 2.05) is 30.3 Å². The van der Waals surface area contributed by atoms with Gasteiger partial charge in [-0.05, 0) is 29.3 Å². The normalized spacial score (nSPS) is 10.8. The average molecular weight is 290 g/mol. The molecule has 20 heavy (non-hydrogen) atoms. The zero-order chi connectivity index (χ0) is 14.5. The molecular formula is C17H20ClNO. The van der Waals surface area contributed by atoms with E-state index >= 15 is 0 Å². The third-order valence-electron chi connectivity index (χ3n) is 3.16. The topological polar surface area (TPSA) is 21.3 Å². The van der Waals surface area contributed by atoms with E-state index in [1.54, 1.807) is 7.11 Å². The first-order chi connectivity index (χ1) is 9.61. The maximum atomic E-state index is 6.27. The van der Waals surface area contributed by atoms with Gasteiger partial charge in [-0.25, -0.2) is 0 Å². The molecule has 0 aliphatic heterocycles. The second-order valence-corrected chi connectivity index (χ2v) is 5.45. The Morgan fingerprint density at radius 3 is 2.60 bits per heavy atom. The lowest BCUT2D eigenvalue weighted by molar-refractivity contribution is 0.416. The number of halogens is 1. The number of benzene rings is 2. The number of rotatable bonds is 5. The van der Waals surface area contributed by atoms with Crippen molar-refractivity contribution in [2.24, 2.45) is 0 Å². The van der Waals surface area contributed by atoms with E-state index in [0.717, 1.165) is 34.0 Å². The molecule has 2 aromatic carbocycles. The average Bonchev–Trinajstić information content (AvgIpc) is 2.46. The van der Waals surface area contributed by atoms with E-state index in [1.165, 1.54) is 0 Å². The lowest BCUT2D eigenvalue weighted by Crippen LogP contribution is -2.21. The van der Waals surface area contributed by atoms with Crippen molar-refractivity contribution in [1.82, 2.24) is 5.32 Å². The summed E-state index contributed by atoms with van der Waals surface area (Å²) >= 11 is 6.27. The molecule has 0 saturated carbocycles. The molecule has 0 aliphatic carbocycles. The first kappa shape index (κ1) is 14.9. The van der Waals surface area contributed by atoms with E-state index in [9.17, 15) is 0 Å². The Hall–Kier alpha value is -1.51. The van der Waals surface area contributed by atoms with Crippen LogP contribution in [-0.4, -0.2) is 13.2 Å². The smallest absolute Gasteiger partial charge is 0.126 e. The molecule has 2 nitrogen and oxygen atoms in total. The van der Waals surface area contributed by atoms with E-state index < -0.39 is 0 Å². The number of hydrogen-bond donors (Lipinski definition) is 1. The molecule has 0 spiro atoms. The standard InChI is InChI=1S/C17H20ClNO/c1-12(2)19-11-14-10-13(8-9-16(14)18)15-6-4-5-7-17(15)20-3/h4-10,12,19H,11H2,1-3H3. The van der Waals surface area contributed by atoms with Crippen molar-refractivity contribution in [1.29, 1.82) is 0 Å². The van der Waals surface area contributed by atoms with Gasteiger partial charge in [0.15, 0.2) is 0 Å². The molecule has 0 radical (unpaired) electrons. The fourth-order valence-electron chi connectivity index (χ4n) is 2.07. The number of methoxy groups -OCH3 is 1. The summed E-state index contributed by atoms with van der Waals surface area (Å²) in [5, 5.41) is 4.18. The van der Waals surface area contributed by atoms with E-state index in [-0.39, 0.29) is 0 Å². The van der Waals surface area contributed by atoms with E-state index in [0.29, 0.717) is 6.04 Å². The number of ether oxygens (including phenoxy) is 1. The van der Waals surface area contributed by atoms with Crippen LogP contribution in [0, 0.1) is 0 Å². The molecule has 0 amide bonds. The first-order valence-corrected chi connectivity index (χ1v) is 7.15. The molecule has 0 aromatic heterocycles. The Bertz CT molecular complexity index is 581. The number of para-hydroxylation sites is 1. The maximum Gasteiger partial charge on any atom is 0.126 e. The van der Waals surface area contributed by atoms with Gasteiger partial charge in [0, 0.05) is 23.2 Å². The van der Waals surface area contributed by atoms with Crippen LogP contribution < -0.4 is 10.1 Å².